The van der Waals surface area contributed by atoms with E-state index in [0.29, 0.717) is 31.7 Å². The third kappa shape index (κ3) is 3.82. The Bertz CT molecular complexity index is 769. The van der Waals surface area contributed by atoms with Crippen LogP contribution in [0.1, 0.15) is 32.3 Å². The monoisotopic (exact) mass is 388 g/mol. The van der Waals surface area contributed by atoms with E-state index in [1.807, 2.05) is 39.0 Å². The van der Waals surface area contributed by atoms with E-state index in [9.17, 15) is 14.4 Å². The number of nitrogens with zero attached hydrogens (tertiary/aromatic N) is 2. The topological polar surface area (TPSA) is 91.0 Å². The molecule has 0 aliphatic carbocycles. The number of aryl methyl sites for hydroxylation is 1. The number of benzene rings is 1. The lowest BCUT2D eigenvalue weighted by molar-refractivity contribution is -0.134. The molecule has 0 saturated carbocycles. The van der Waals surface area contributed by atoms with Gasteiger partial charge in [-0.25, -0.2) is 4.79 Å². The van der Waals surface area contributed by atoms with Gasteiger partial charge >= 0.3 is 6.03 Å². The second-order valence-corrected chi connectivity index (χ2v) is 7.26. The molecule has 4 amide bonds. The van der Waals surface area contributed by atoms with Gasteiger partial charge in [0.25, 0.3) is 5.91 Å². The zero-order chi connectivity index (χ0) is 20.3. The smallest absolute Gasteiger partial charge is 0.325 e. The van der Waals surface area contributed by atoms with Gasteiger partial charge in [-0.1, -0.05) is 13.8 Å². The predicted octanol–water partition coefficient (Wildman–Crippen LogP) is 1.88. The molecule has 0 aromatic heterocycles. The second-order valence-electron chi connectivity index (χ2n) is 7.26. The van der Waals surface area contributed by atoms with Crippen molar-refractivity contribution in [3.63, 3.8) is 0 Å². The van der Waals surface area contributed by atoms with Crippen molar-refractivity contribution in [2.45, 2.75) is 39.2 Å². The number of carbonyl (C=O) groups is 3. The highest BCUT2D eigenvalue weighted by atomic mass is 16.5. The number of morpholine rings is 1. The summed E-state index contributed by atoms with van der Waals surface area (Å²) in [4.78, 5) is 40.5. The summed E-state index contributed by atoms with van der Waals surface area (Å²) in [6.45, 7) is 8.43. The fraction of sp³-hybridized carbons (Fsp3) is 0.550. The molecule has 2 aliphatic heterocycles. The van der Waals surface area contributed by atoms with Crippen LogP contribution < -0.4 is 15.5 Å². The highest BCUT2D eigenvalue weighted by Gasteiger charge is 2.49. The van der Waals surface area contributed by atoms with Crippen molar-refractivity contribution in [3.8, 4) is 0 Å². The molecule has 0 atom stereocenters. The highest BCUT2D eigenvalue weighted by Crippen LogP contribution is 2.26. The van der Waals surface area contributed by atoms with Gasteiger partial charge in [0, 0.05) is 24.5 Å². The Kier molecular flexibility index (Phi) is 5.88. The molecule has 2 saturated heterocycles. The SMILES string of the molecule is CCC1(CC)NC(=O)N(CC(=O)Nc2ccc(N3CCOCC3)cc2C)C1=O. The van der Waals surface area contributed by atoms with Crippen molar-refractivity contribution < 1.29 is 19.1 Å². The Morgan fingerprint density at radius 2 is 1.89 bits per heavy atom. The van der Waals surface area contributed by atoms with Crippen LogP contribution in [0, 0.1) is 6.92 Å². The Hall–Kier alpha value is -2.61. The van der Waals surface area contributed by atoms with Crippen molar-refractivity contribution in [3.05, 3.63) is 23.8 Å². The number of hydrogen-bond donors (Lipinski definition) is 2. The third-order valence-electron chi connectivity index (χ3n) is 5.62. The lowest BCUT2D eigenvalue weighted by Crippen LogP contribution is -2.46. The Balaban J connectivity index is 1.65. The summed E-state index contributed by atoms with van der Waals surface area (Å²) < 4.78 is 5.38. The van der Waals surface area contributed by atoms with Crippen LogP contribution in [0.2, 0.25) is 0 Å². The van der Waals surface area contributed by atoms with E-state index < -0.39 is 17.5 Å². The normalized spacial score (nSPS) is 19.0. The van der Waals surface area contributed by atoms with E-state index in [0.717, 1.165) is 29.2 Å². The number of rotatable bonds is 6. The number of anilines is 2. The number of carbonyl (C=O) groups excluding carboxylic acids is 3. The van der Waals surface area contributed by atoms with Crippen LogP contribution in [-0.4, -0.2) is 61.1 Å². The molecule has 2 N–H and O–H groups in total. The first kappa shape index (κ1) is 20.1. The molecule has 2 aliphatic rings. The maximum absolute atomic E-state index is 12.6. The maximum atomic E-state index is 12.6. The molecule has 1 aromatic rings. The summed E-state index contributed by atoms with van der Waals surface area (Å²) >= 11 is 0. The van der Waals surface area contributed by atoms with E-state index in [1.165, 1.54) is 0 Å². The largest absolute Gasteiger partial charge is 0.378 e. The summed E-state index contributed by atoms with van der Waals surface area (Å²) in [5, 5.41) is 5.55. The van der Waals surface area contributed by atoms with Crippen molar-refractivity contribution in [2.24, 2.45) is 0 Å². The fourth-order valence-electron chi connectivity index (χ4n) is 3.69. The standard InChI is InChI=1S/C20H28N4O4/c1-4-20(5-2)18(26)24(19(27)22-20)13-17(25)21-16-7-6-15(12-14(16)3)23-8-10-28-11-9-23/h6-7,12H,4-5,8-11,13H2,1-3H3,(H,21,25)(H,22,27). The Labute approximate surface area is 165 Å². The molecule has 3 rings (SSSR count). The number of hydrogen-bond acceptors (Lipinski definition) is 5. The van der Waals surface area contributed by atoms with Gasteiger partial charge in [0.15, 0.2) is 0 Å². The molecule has 2 fully saturated rings. The predicted molar refractivity (Wildman–Crippen MR) is 106 cm³/mol. The zero-order valence-electron chi connectivity index (χ0n) is 16.7. The lowest BCUT2D eigenvalue weighted by Gasteiger charge is -2.29. The summed E-state index contributed by atoms with van der Waals surface area (Å²) in [6, 6.07) is 5.32. The van der Waals surface area contributed by atoms with Crippen LogP contribution in [0.15, 0.2) is 18.2 Å². The molecule has 28 heavy (non-hydrogen) atoms. The number of ether oxygens (including phenoxy) is 1. The Morgan fingerprint density at radius 3 is 2.46 bits per heavy atom. The molecule has 1 aromatic carbocycles. The van der Waals surface area contributed by atoms with Gasteiger partial charge in [-0.3, -0.25) is 14.5 Å². The van der Waals surface area contributed by atoms with Crippen LogP contribution >= 0.6 is 0 Å². The quantitative estimate of drug-likeness (QED) is 0.726. The molecule has 0 spiro atoms. The number of imide groups is 1. The number of amides is 4. The first-order valence-corrected chi connectivity index (χ1v) is 9.77. The molecule has 152 valence electrons. The summed E-state index contributed by atoms with van der Waals surface area (Å²) in [5.74, 6) is -0.731. The summed E-state index contributed by atoms with van der Waals surface area (Å²) in [7, 11) is 0. The van der Waals surface area contributed by atoms with E-state index in [1.54, 1.807) is 0 Å². The van der Waals surface area contributed by atoms with Gasteiger partial charge in [-0.15, -0.1) is 0 Å². The van der Waals surface area contributed by atoms with Gasteiger partial charge < -0.3 is 20.3 Å². The van der Waals surface area contributed by atoms with Crippen LogP contribution in [0.5, 0.6) is 0 Å². The molecule has 0 radical (unpaired) electrons. The van der Waals surface area contributed by atoms with Crippen molar-refractivity contribution in [2.75, 3.05) is 43.1 Å². The summed E-state index contributed by atoms with van der Waals surface area (Å²) in [5.41, 5.74) is 1.79. The molecule has 8 nitrogen and oxygen atoms in total. The summed E-state index contributed by atoms with van der Waals surface area (Å²) in [6.07, 6.45) is 0.989. The van der Waals surface area contributed by atoms with Gasteiger partial charge in [0.1, 0.15) is 12.1 Å². The maximum Gasteiger partial charge on any atom is 0.325 e. The van der Waals surface area contributed by atoms with Crippen LogP contribution in [0.25, 0.3) is 0 Å². The molecular weight excluding hydrogens is 360 g/mol. The van der Waals surface area contributed by atoms with Crippen LogP contribution in [-0.2, 0) is 14.3 Å². The first-order chi connectivity index (χ1) is 13.4. The van der Waals surface area contributed by atoms with E-state index in [-0.39, 0.29) is 12.5 Å². The van der Waals surface area contributed by atoms with Crippen molar-refractivity contribution >= 4 is 29.2 Å². The van der Waals surface area contributed by atoms with Crippen LogP contribution in [0.4, 0.5) is 16.2 Å². The lowest BCUT2D eigenvalue weighted by atomic mass is 9.93. The van der Waals surface area contributed by atoms with Crippen molar-refractivity contribution in [1.82, 2.24) is 10.2 Å². The minimum Gasteiger partial charge on any atom is -0.378 e. The van der Waals surface area contributed by atoms with Gasteiger partial charge in [-0.05, 0) is 43.5 Å². The van der Waals surface area contributed by atoms with E-state index in [2.05, 4.69) is 15.5 Å². The van der Waals surface area contributed by atoms with Crippen molar-refractivity contribution in [1.29, 1.82) is 0 Å². The highest BCUT2D eigenvalue weighted by molar-refractivity contribution is 6.10. The second kappa shape index (κ2) is 8.18. The van der Waals surface area contributed by atoms with E-state index >= 15 is 0 Å². The average molecular weight is 388 g/mol. The Morgan fingerprint density at radius 1 is 1.21 bits per heavy atom. The van der Waals surface area contributed by atoms with Gasteiger partial charge in [0.05, 0.1) is 13.2 Å². The number of urea groups is 1. The van der Waals surface area contributed by atoms with Gasteiger partial charge in [0.2, 0.25) is 5.91 Å². The van der Waals surface area contributed by atoms with Crippen LogP contribution in [0.3, 0.4) is 0 Å². The minimum absolute atomic E-state index is 0.295. The molecule has 8 heteroatoms. The molecular formula is C20H28N4O4. The van der Waals surface area contributed by atoms with E-state index in [4.69, 9.17) is 4.74 Å². The molecule has 0 bridgehead atoms. The molecule has 0 unspecified atom stereocenters. The average Bonchev–Trinajstić information content (AvgIpc) is 2.95. The van der Waals surface area contributed by atoms with Gasteiger partial charge in [-0.2, -0.15) is 0 Å². The minimum atomic E-state index is -0.896. The zero-order valence-corrected chi connectivity index (χ0v) is 16.7. The third-order valence-corrected chi connectivity index (χ3v) is 5.62. The number of nitrogens with one attached hydrogen (secondary N) is 2. The first-order valence-electron chi connectivity index (χ1n) is 9.77. The molecule has 2 heterocycles. The fourth-order valence-corrected chi connectivity index (χ4v) is 3.69.